The van der Waals surface area contributed by atoms with Crippen LogP contribution in [0.25, 0.3) is 22.2 Å². The van der Waals surface area contributed by atoms with E-state index in [0.29, 0.717) is 27.2 Å². The van der Waals surface area contributed by atoms with Crippen LogP contribution in [0.4, 0.5) is 0 Å². The average Bonchev–Trinajstić information content (AvgIpc) is 3.14. The highest BCUT2D eigenvalue weighted by Gasteiger charge is 2.19. The van der Waals surface area contributed by atoms with E-state index in [0.717, 1.165) is 23.4 Å². The Morgan fingerprint density at radius 3 is 2.80 bits per heavy atom. The molecule has 6 nitrogen and oxygen atoms in total. The zero-order chi connectivity index (χ0) is 21.3. The Balaban J connectivity index is 1.75. The summed E-state index contributed by atoms with van der Waals surface area (Å²) >= 11 is 6.21. The van der Waals surface area contributed by atoms with Gasteiger partial charge in [0.15, 0.2) is 0 Å². The first-order valence-electron chi connectivity index (χ1n) is 9.81. The van der Waals surface area contributed by atoms with E-state index in [2.05, 4.69) is 15.4 Å². The Morgan fingerprint density at radius 2 is 2.10 bits per heavy atom. The molecule has 0 saturated heterocycles. The number of benzene rings is 1. The van der Waals surface area contributed by atoms with E-state index in [1.807, 2.05) is 49.8 Å². The molecule has 1 N–H and O–H groups in total. The van der Waals surface area contributed by atoms with Crippen molar-refractivity contribution >= 4 is 28.4 Å². The van der Waals surface area contributed by atoms with Gasteiger partial charge in [0.1, 0.15) is 0 Å². The van der Waals surface area contributed by atoms with E-state index < -0.39 is 0 Å². The van der Waals surface area contributed by atoms with Crippen molar-refractivity contribution in [3.8, 4) is 11.3 Å². The molecule has 0 radical (unpaired) electrons. The lowest BCUT2D eigenvalue weighted by atomic mass is 10.0. The number of hydrogen-bond donors (Lipinski definition) is 1. The van der Waals surface area contributed by atoms with Crippen LogP contribution >= 0.6 is 11.6 Å². The quantitative estimate of drug-likeness (QED) is 0.496. The van der Waals surface area contributed by atoms with Gasteiger partial charge in [-0.3, -0.25) is 14.5 Å². The van der Waals surface area contributed by atoms with Crippen LogP contribution in [-0.2, 0) is 6.54 Å². The molecule has 1 amide bonds. The van der Waals surface area contributed by atoms with Crippen molar-refractivity contribution in [3.63, 3.8) is 0 Å². The Morgan fingerprint density at radius 1 is 1.27 bits per heavy atom. The molecule has 4 rings (SSSR count). The molecule has 3 aromatic heterocycles. The second-order valence-electron chi connectivity index (χ2n) is 7.18. The van der Waals surface area contributed by atoms with Crippen LogP contribution in [0.5, 0.6) is 0 Å². The van der Waals surface area contributed by atoms with Crippen LogP contribution in [0.15, 0.2) is 55.0 Å². The Labute approximate surface area is 179 Å². The van der Waals surface area contributed by atoms with Gasteiger partial charge in [0.2, 0.25) is 0 Å². The molecule has 4 aromatic rings. The SMILES string of the molecule is CCn1cc([C@@H](C)NC(=O)c2cc(-c3cccnc3)nc3ccc(Cl)cc23)c(C)n1. The molecule has 30 heavy (non-hydrogen) atoms. The molecule has 1 aromatic carbocycles. The summed E-state index contributed by atoms with van der Waals surface area (Å²) in [6, 6.07) is 10.7. The predicted molar refractivity (Wildman–Crippen MR) is 119 cm³/mol. The fourth-order valence-electron chi connectivity index (χ4n) is 3.52. The second-order valence-corrected chi connectivity index (χ2v) is 7.62. The Kier molecular flexibility index (Phi) is 5.50. The van der Waals surface area contributed by atoms with Crippen molar-refractivity contribution < 1.29 is 4.79 Å². The third-order valence-electron chi connectivity index (χ3n) is 5.10. The smallest absolute Gasteiger partial charge is 0.252 e. The van der Waals surface area contributed by atoms with E-state index in [4.69, 9.17) is 16.6 Å². The zero-order valence-electron chi connectivity index (χ0n) is 17.1. The van der Waals surface area contributed by atoms with Crippen molar-refractivity contribution in [2.45, 2.75) is 33.4 Å². The molecule has 0 spiro atoms. The van der Waals surface area contributed by atoms with Crippen LogP contribution < -0.4 is 5.32 Å². The number of nitrogens with zero attached hydrogens (tertiary/aromatic N) is 4. The first-order chi connectivity index (χ1) is 14.5. The molecule has 0 fully saturated rings. The highest BCUT2D eigenvalue weighted by atomic mass is 35.5. The van der Waals surface area contributed by atoms with Gasteiger partial charge in [0, 0.05) is 46.7 Å². The lowest BCUT2D eigenvalue weighted by Gasteiger charge is -2.15. The summed E-state index contributed by atoms with van der Waals surface area (Å²) in [6.07, 6.45) is 5.41. The molecule has 0 unspecified atom stereocenters. The first kappa shape index (κ1) is 20.0. The van der Waals surface area contributed by atoms with Crippen molar-refractivity contribution in [1.29, 1.82) is 0 Å². The number of halogens is 1. The van der Waals surface area contributed by atoms with Gasteiger partial charge in [-0.2, -0.15) is 5.10 Å². The number of rotatable bonds is 5. The summed E-state index contributed by atoms with van der Waals surface area (Å²) in [7, 11) is 0. The van der Waals surface area contributed by atoms with E-state index in [-0.39, 0.29) is 11.9 Å². The van der Waals surface area contributed by atoms with Gasteiger partial charge >= 0.3 is 0 Å². The van der Waals surface area contributed by atoms with Gasteiger partial charge in [-0.15, -0.1) is 0 Å². The Hall–Kier alpha value is -3.25. The van der Waals surface area contributed by atoms with E-state index in [1.54, 1.807) is 30.6 Å². The second kappa shape index (κ2) is 8.24. The number of aromatic nitrogens is 4. The first-order valence-corrected chi connectivity index (χ1v) is 10.2. The van der Waals surface area contributed by atoms with Crippen molar-refractivity contribution in [2.24, 2.45) is 0 Å². The monoisotopic (exact) mass is 419 g/mol. The van der Waals surface area contributed by atoms with Crippen molar-refractivity contribution in [2.75, 3.05) is 0 Å². The number of fused-ring (bicyclic) bond motifs is 1. The van der Waals surface area contributed by atoms with Crippen molar-refractivity contribution in [1.82, 2.24) is 25.1 Å². The van der Waals surface area contributed by atoms with Crippen LogP contribution in [-0.4, -0.2) is 25.7 Å². The van der Waals surface area contributed by atoms with Crippen LogP contribution in [0.2, 0.25) is 5.02 Å². The van der Waals surface area contributed by atoms with Gasteiger partial charge in [-0.25, -0.2) is 4.98 Å². The number of hydrogen-bond acceptors (Lipinski definition) is 4. The largest absolute Gasteiger partial charge is 0.345 e. The van der Waals surface area contributed by atoms with Gasteiger partial charge < -0.3 is 5.32 Å². The molecular weight excluding hydrogens is 398 g/mol. The number of pyridine rings is 2. The standard InChI is InChI=1S/C23H22ClN5O/c1-4-29-13-20(15(3)28-29)14(2)26-23(30)19-11-22(16-6-5-9-25-12-16)27-21-8-7-17(24)10-18(19)21/h5-14H,4H2,1-3H3,(H,26,30)/t14-/m1/s1. The predicted octanol–water partition coefficient (Wildman–Crippen LogP) is 4.97. The lowest BCUT2D eigenvalue weighted by Crippen LogP contribution is -2.27. The number of nitrogens with one attached hydrogen (secondary N) is 1. The summed E-state index contributed by atoms with van der Waals surface area (Å²) in [6.45, 7) is 6.72. The average molecular weight is 420 g/mol. The maximum atomic E-state index is 13.3. The molecule has 0 saturated carbocycles. The number of carbonyl (C=O) groups excluding carboxylic acids is 1. The summed E-state index contributed by atoms with van der Waals surface area (Å²) < 4.78 is 1.87. The number of carbonyl (C=O) groups is 1. The fourth-order valence-corrected chi connectivity index (χ4v) is 3.69. The minimum atomic E-state index is -0.193. The van der Waals surface area contributed by atoms with Crippen molar-refractivity contribution in [3.05, 3.63) is 76.8 Å². The molecule has 1 atom stereocenters. The number of aryl methyl sites for hydroxylation is 2. The van der Waals surface area contributed by atoms with E-state index in [9.17, 15) is 4.79 Å². The maximum absolute atomic E-state index is 13.3. The topological polar surface area (TPSA) is 72.7 Å². The lowest BCUT2D eigenvalue weighted by molar-refractivity contribution is 0.0941. The van der Waals surface area contributed by atoms with Gasteiger partial charge in [-0.05, 0) is 57.2 Å². The molecule has 0 bridgehead atoms. The third-order valence-corrected chi connectivity index (χ3v) is 5.33. The summed E-state index contributed by atoms with van der Waals surface area (Å²) in [5, 5.41) is 8.84. The molecular formula is C23H22ClN5O. The van der Waals surface area contributed by atoms with Gasteiger partial charge in [0.05, 0.1) is 28.5 Å². The highest BCUT2D eigenvalue weighted by Crippen LogP contribution is 2.27. The number of amides is 1. The normalized spacial score (nSPS) is 12.1. The summed E-state index contributed by atoms with van der Waals surface area (Å²) in [5.74, 6) is -0.189. The van der Waals surface area contributed by atoms with Gasteiger partial charge in [0.25, 0.3) is 5.91 Å². The molecule has 0 aliphatic heterocycles. The summed E-state index contributed by atoms with van der Waals surface area (Å²) in [5.41, 5.74) is 4.65. The molecule has 0 aliphatic rings. The molecule has 152 valence electrons. The third kappa shape index (κ3) is 3.91. The van der Waals surface area contributed by atoms with Crippen LogP contribution in [0.3, 0.4) is 0 Å². The molecule has 0 aliphatic carbocycles. The Bertz CT molecular complexity index is 1220. The minimum absolute atomic E-state index is 0.189. The van der Waals surface area contributed by atoms with E-state index in [1.165, 1.54) is 0 Å². The highest BCUT2D eigenvalue weighted by molar-refractivity contribution is 6.31. The van der Waals surface area contributed by atoms with E-state index >= 15 is 0 Å². The fraction of sp³-hybridized carbons (Fsp3) is 0.217. The molecule has 3 heterocycles. The minimum Gasteiger partial charge on any atom is -0.345 e. The maximum Gasteiger partial charge on any atom is 0.252 e. The van der Waals surface area contributed by atoms with Crippen LogP contribution in [0, 0.1) is 6.92 Å². The van der Waals surface area contributed by atoms with Gasteiger partial charge in [-0.1, -0.05) is 11.6 Å². The summed E-state index contributed by atoms with van der Waals surface area (Å²) in [4.78, 5) is 22.2. The van der Waals surface area contributed by atoms with Crippen LogP contribution in [0.1, 0.15) is 41.5 Å². The zero-order valence-corrected chi connectivity index (χ0v) is 17.8. The molecule has 7 heteroatoms.